The van der Waals surface area contributed by atoms with Gasteiger partial charge >= 0.3 is 0 Å². The Morgan fingerprint density at radius 3 is 1.92 bits per heavy atom. The predicted octanol–water partition coefficient (Wildman–Crippen LogP) is 0.599. The van der Waals surface area contributed by atoms with Crippen LogP contribution in [0.1, 0.15) is 13.8 Å². The van der Waals surface area contributed by atoms with Gasteiger partial charge in [0.2, 0.25) is 0 Å². The van der Waals surface area contributed by atoms with Crippen LogP contribution in [0, 0.1) is 5.92 Å². The molecule has 0 aromatic carbocycles. The first-order chi connectivity index (χ1) is 5.85. The van der Waals surface area contributed by atoms with Gasteiger partial charge in [-0.1, -0.05) is 0 Å². The summed E-state index contributed by atoms with van der Waals surface area (Å²) in [7, 11) is 0. The summed E-state index contributed by atoms with van der Waals surface area (Å²) in [6, 6.07) is 0. The van der Waals surface area contributed by atoms with Crippen LogP contribution < -0.4 is 0 Å². The molecule has 1 aliphatic heterocycles. The first-order valence-electron chi connectivity index (χ1n) is 4.28. The molecule has 1 heterocycles. The highest BCUT2D eigenvalue weighted by molar-refractivity contribution is 4.54. The maximum absolute atomic E-state index is 8.41. The van der Waals surface area contributed by atoms with E-state index in [1.807, 2.05) is 13.8 Å². The SMILES string of the molecule is CCOCC.OCC1COOC1. The second-order valence-electron chi connectivity index (χ2n) is 2.40. The summed E-state index contributed by atoms with van der Waals surface area (Å²) in [6.45, 7) is 6.91. The Bertz CT molecular complexity index is 79.1. The molecule has 0 aromatic rings. The molecule has 1 saturated heterocycles. The molecule has 0 spiro atoms. The summed E-state index contributed by atoms with van der Waals surface area (Å²) in [5.41, 5.74) is 0. The van der Waals surface area contributed by atoms with Gasteiger partial charge in [-0.3, -0.25) is 0 Å². The summed E-state index contributed by atoms with van der Waals surface area (Å²) >= 11 is 0. The second-order valence-corrected chi connectivity index (χ2v) is 2.40. The molecule has 12 heavy (non-hydrogen) atoms. The van der Waals surface area contributed by atoms with E-state index in [2.05, 4.69) is 9.78 Å². The molecule has 74 valence electrons. The number of hydrogen-bond donors (Lipinski definition) is 1. The van der Waals surface area contributed by atoms with Crippen LogP contribution in [0.3, 0.4) is 0 Å². The summed E-state index contributed by atoms with van der Waals surface area (Å²) < 4.78 is 4.83. The van der Waals surface area contributed by atoms with Crippen LogP contribution in [0.4, 0.5) is 0 Å². The molecule has 0 radical (unpaired) electrons. The lowest BCUT2D eigenvalue weighted by Crippen LogP contribution is -2.07. The van der Waals surface area contributed by atoms with Gasteiger partial charge in [0.15, 0.2) is 0 Å². The predicted molar refractivity (Wildman–Crippen MR) is 44.6 cm³/mol. The highest BCUT2D eigenvalue weighted by atomic mass is 17.2. The highest BCUT2D eigenvalue weighted by Gasteiger charge is 2.14. The lowest BCUT2D eigenvalue weighted by atomic mass is 10.2. The van der Waals surface area contributed by atoms with Crippen molar-refractivity contribution < 1.29 is 19.6 Å². The van der Waals surface area contributed by atoms with Gasteiger partial charge in [0.05, 0.1) is 19.8 Å². The minimum atomic E-state index is 0.167. The number of aliphatic hydroxyl groups is 1. The molecule has 0 bridgehead atoms. The molecule has 0 aliphatic carbocycles. The number of hydrogen-bond acceptors (Lipinski definition) is 4. The molecule has 0 aromatic heterocycles. The Kier molecular flexibility index (Phi) is 8.81. The van der Waals surface area contributed by atoms with Crippen molar-refractivity contribution in [1.82, 2.24) is 0 Å². The third kappa shape index (κ3) is 6.54. The zero-order chi connectivity index (χ0) is 9.23. The van der Waals surface area contributed by atoms with Gasteiger partial charge in [0.1, 0.15) is 0 Å². The van der Waals surface area contributed by atoms with E-state index in [0.29, 0.717) is 13.2 Å². The molecular weight excluding hydrogens is 160 g/mol. The van der Waals surface area contributed by atoms with E-state index in [1.165, 1.54) is 0 Å². The summed E-state index contributed by atoms with van der Waals surface area (Å²) in [6.07, 6.45) is 0. The first-order valence-corrected chi connectivity index (χ1v) is 4.28. The first kappa shape index (κ1) is 11.8. The average Bonchev–Trinajstić information content (AvgIpc) is 2.58. The fourth-order valence-electron chi connectivity index (χ4n) is 0.646. The Morgan fingerprint density at radius 2 is 1.75 bits per heavy atom. The van der Waals surface area contributed by atoms with Gasteiger partial charge in [0.25, 0.3) is 0 Å². The third-order valence-corrected chi connectivity index (χ3v) is 1.36. The standard InChI is InChI=1S/C4H8O3.C4H10O/c5-1-4-2-6-7-3-4;1-3-5-4-2/h4-5H,1-3H2;3-4H2,1-2H3. The second kappa shape index (κ2) is 8.93. The minimum Gasteiger partial charge on any atom is -0.396 e. The zero-order valence-corrected chi connectivity index (χ0v) is 7.78. The molecule has 0 atom stereocenters. The van der Waals surface area contributed by atoms with Crippen molar-refractivity contribution in [1.29, 1.82) is 0 Å². The molecule has 4 nitrogen and oxygen atoms in total. The summed E-state index contributed by atoms with van der Waals surface area (Å²) in [4.78, 5) is 8.98. The Labute approximate surface area is 73.4 Å². The Hall–Kier alpha value is -0.160. The summed E-state index contributed by atoms with van der Waals surface area (Å²) in [5.74, 6) is 0.208. The average molecular weight is 178 g/mol. The number of aliphatic hydroxyl groups excluding tert-OH is 1. The quantitative estimate of drug-likeness (QED) is 0.643. The van der Waals surface area contributed by atoms with Crippen LogP contribution in [0.25, 0.3) is 0 Å². The lowest BCUT2D eigenvalue weighted by molar-refractivity contribution is -0.248. The molecule has 0 saturated carbocycles. The Balaban J connectivity index is 0.000000217. The maximum atomic E-state index is 8.41. The normalized spacial score (nSPS) is 17.2. The van der Waals surface area contributed by atoms with E-state index in [9.17, 15) is 0 Å². The van der Waals surface area contributed by atoms with Gasteiger partial charge in [-0.15, -0.1) is 0 Å². The maximum Gasteiger partial charge on any atom is 0.0895 e. The van der Waals surface area contributed by atoms with Crippen LogP contribution in [0.2, 0.25) is 0 Å². The van der Waals surface area contributed by atoms with E-state index < -0.39 is 0 Å². The van der Waals surface area contributed by atoms with Crippen LogP contribution in [-0.2, 0) is 14.5 Å². The topological polar surface area (TPSA) is 47.9 Å². The van der Waals surface area contributed by atoms with E-state index in [0.717, 1.165) is 13.2 Å². The molecule has 0 amide bonds. The van der Waals surface area contributed by atoms with Crippen LogP contribution in [0.5, 0.6) is 0 Å². The van der Waals surface area contributed by atoms with Gasteiger partial charge < -0.3 is 9.84 Å². The largest absolute Gasteiger partial charge is 0.396 e. The van der Waals surface area contributed by atoms with Crippen molar-refractivity contribution in [2.45, 2.75) is 13.8 Å². The van der Waals surface area contributed by atoms with E-state index in [-0.39, 0.29) is 12.5 Å². The summed E-state index contributed by atoms with van der Waals surface area (Å²) in [5, 5.41) is 8.41. The molecule has 1 rings (SSSR count). The molecule has 1 aliphatic rings. The van der Waals surface area contributed by atoms with Crippen LogP contribution >= 0.6 is 0 Å². The molecule has 0 unspecified atom stereocenters. The Morgan fingerprint density at radius 1 is 1.25 bits per heavy atom. The van der Waals surface area contributed by atoms with E-state index in [4.69, 9.17) is 9.84 Å². The smallest absolute Gasteiger partial charge is 0.0895 e. The fourth-order valence-corrected chi connectivity index (χ4v) is 0.646. The van der Waals surface area contributed by atoms with Gasteiger partial charge in [-0.05, 0) is 13.8 Å². The fraction of sp³-hybridized carbons (Fsp3) is 1.00. The van der Waals surface area contributed by atoms with E-state index >= 15 is 0 Å². The number of rotatable bonds is 3. The van der Waals surface area contributed by atoms with Crippen molar-refractivity contribution in [2.24, 2.45) is 5.92 Å². The monoisotopic (exact) mass is 178 g/mol. The van der Waals surface area contributed by atoms with Gasteiger partial charge in [0, 0.05) is 19.1 Å². The minimum absolute atomic E-state index is 0.167. The van der Waals surface area contributed by atoms with Crippen molar-refractivity contribution in [3.8, 4) is 0 Å². The van der Waals surface area contributed by atoms with E-state index in [1.54, 1.807) is 0 Å². The van der Waals surface area contributed by atoms with Gasteiger partial charge in [-0.2, -0.15) is 0 Å². The van der Waals surface area contributed by atoms with Crippen LogP contribution in [-0.4, -0.2) is 38.1 Å². The van der Waals surface area contributed by atoms with Crippen LogP contribution in [0.15, 0.2) is 0 Å². The van der Waals surface area contributed by atoms with Crippen molar-refractivity contribution in [3.63, 3.8) is 0 Å². The van der Waals surface area contributed by atoms with Crippen molar-refractivity contribution in [2.75, 3.05) is 33.0 Å². The molecule has 1 N–H and O–H groups in total. The molecular formula is C8H18O4. The highest BCUT2D eigenvalue weighted by Crippen LogP contribution is 2.04. The zero-order valence-electron chi connectivity index (χ0n) is 7.78. The number of ether oxygens (including phenoxy) is 1. The third-order valence-electron chi connectivity index (χ3n) is 1.36. The van der Waals surface area contributed by atoms with Gasteiger partial charge in [-0.25, -0.2) is 9.78 Å². The molecule has 1 fully saturated rings. The van der Waals surface area contributed by atoms with Crippen molar-refractivity contribution in [3.05, 3.63) is 0 Å². The lowest BCUT2D eigenvalue weighted by Gasteiger charge is -1.93. The van der Waals surface area contributed by atoms with Crippen molar-refractivity contribution >= 4 is 0 Å². The molecule has 4 heteroatoms.